The minimum absolute atomic E-state index is 0.307. The predicted molar refractivity (Wildman–Crippen MR) is 78.3 cm³/mol. The first-order valence-electron chi connectivity index (χ1n) is 6.08. The molecule has 1 aromatic carbocycles. The SMILES string of the molecule is CC(N[C@@H](C)c1cccc(Br)c1)c1ccncc1. The summed E-state index contributed by atoms with van der Waals surface area (Å²) in [5, 5.41) is 3.59. The number of nitrogens with zero attached hydrogens (tertiary/aromatic N) is 1. The summed E-state index contributed by atoms with van der Waals surface area (Å²) in [6, 6.07) is 13.1. The van der Waals surface area contributed by atoms with Crippen molar-refractivity contribution in [2.45, 2.75) is 25.9 Å². The number of benzene rings is 1. The molecule has 1 aromatic heterocycles. The highest BCUT2D eigenvalue weighted by Crippen LogP contribution is 2.21. The molecule has 2 aromatic rings. The summed E-state index contributed by atoms with van der Waals surface area (Å²) >= 11 is 3.51. The molecule has 2 atom stereocenters. The molecular formula is C15H17BrN2. The highest BCUT2D eigenvalue weighted by molar-refractivity contribution is 9.10. The van der Waals surface area contributed by atoms with Crippen LogP contribution in [-0.2, 0) is 0 Å². The Morgan fingerprint density at radius 1 is 1.00 bits per heavy atom. The second-order valence-electron chi connectivity index (χ2n) is 4.45. The molecule has 94 valence electrons. The molecule has 1 N–H and O–H groups in total. The number of nitrogens with one attached hydrogen (secondary N) is 1. The molecule has 0 saturated carbocycles. The van der Waals surface area contributed by atoms with Gasteiger partial charge < -0.3 is 5.32 Å². The topological polar surface area (TPSA) is 24.9 Å². The molecule has 0 bridgehead atoms. The van der Waals surface area contributed by atoms with Crippen LogP contribution in [-0.4, -0.2) is 4.98 Å². The molecule has 0 spiro atoms. The van der Waals surface area contributed by atoms with Gasteiger partial charge in [0.2, 0.25) is 0 Å². The Balaban J connectivity index is 2.05. The summed E-state index contributed by atoms with van der Waals surface area (Å²) in [5.74, 6) is 0. The van der Waals surface area contributed by atoms with Crippen LogP contribution in [0.4, 0.5) is 0 Å². The first-order valence-corrected chi connectivity index (χ1v) is 6.87. The van der Waals surface area contributed by atoms with Crippen LogP contribution in [0, 0.1) is 0 Å². The fraction of sp³-hybridized carbons (Fsp3) is 0.267. The maximum absolute atomic E-state index is 4.04. The van der Waals surface area contributed by atoms with Crippen molar-refractivity contribution in [1.82, 2.24) is 10.3 Å². The van der Waals surface area contributed by atoms with Gasteiger partial charge in [-0.15, -0.1) is 0 Å². The highest BCUT2D eigenvalue weighted by Gasteiger charge is 2.10. The first kappa shape index (κ1) is 13.2. The summed E-state index contributed by atoms with van der Waals surface area (Å²) in [5.41, 5.74) is 2.54. The van der Waals surface area contributed by atoms with Crippen molar-refractivity contribution in [2.24, 2.45) is 0 Å². The van der Waals surface area contributed by atoms with Crippen LogP contribution in [0.25, 0.3) is 0 Å². The monoisotopic (exact) mass is 304 g/mol. The van der Waals surface area contributed by atoms with Crippen molar-refractivity contribution in [3.63, 3.8) is 0 Å². The first-order chi connectivity index (χ1) is 8.66. The smallest absolute Gasteiger partial charge is 0.0298 e. The van der Waals surface area contributed by atoms with E-state index in [0.29, 0.717) is 12.1 Å². The van der Waals surface area contributed by atoms with E-state index in [9.17, 15) is 0 Å². The maximum atomic E-state index is 4.04. The van der Waals surface area contributed by atoms with E-state index in [-0.39, 0.29) is 0 Å². The quantitative estimate of drug-likeness (QED) is 0.913. The molecular weight excluding hydrogens is 288 g/mol. The number of hydrogen-bond acceptors (Lipinski definition) is 2. The van der Waals surface area contributed by atoms with Crippen LogP contribution in [0.15, 0.2) is 53.3 Å². The lowest BCUT2D eigenvalue weighted by Gasteiger charge is -2.20. The van der Waals surface area contributed by atoms with Gasteiger partial charge in [-0.05, 0) is 49.2 Å². The van der Waals surface area contributed by atoms with Gasteiger partial charge in [-0.2, -0.15) is 0 Å². The number of rotatable bonds is 4. The molecule has 0 aliphatic carbocycles. The lowest BCUT2D eigenvalue weighted by Crippen LogP contribution is -2.22. The Morgan fingerprint density at radius 3 is 2.33 bits per heavy atom. The third kappa shape index (κ3) is 3.40. The van der Waals surface area contributed by atoms with Crippen molar-refractivity contribution < 1.29 is 0 Å². The Kier molecular flexibility index (Phi) is 4.50. The minimum Gasteiger partial charge on any atom is -0.304 e. The van der Waals surface area contributed by atoms with Gasteiger partial charge in [0.05, 0.1) is 0 Å². The van der Waals surface area contributed by atoms with Crippen LogP contribution in [0.3, 0.4) is 0 Å². The lowest BCUT2D eigenvalue weighted by molar-refractivity contribution is 0.494. The van der Waals surface area contributed by atoms with E-state index >= 15 is 0 Å². The average Bonchev–Trinajstić information content (AvgIpc) is 2.39. The Labute approximate surface area is 117 Å². The van der Waals surface area contributed by atoms with E-state index in [1.807, 2.05) is 30.6 Å². The molecule has 0 fully saturated rings. The maximum Gasteiger partial charge on any atom is 0.0298 e. The molecule has 18 heavy (non-hydrogen) atoms. The zero-order chi connectivity index (χ0) is 13.0. The zero-order valence-corrected chi connectivity index (χ0v) is 12.2. The van der Waals surface area contributed by atoms with Crippen molar-refractivity contribution in [1.29, 1.82) is 0 Å². The second-order valence-corrected chi connectivity index (χ2v) is 5.36. The fourth-order valence-corrected chi connectivity index (χ4v) is 2.41. The second kappa shape index (κ2) is 6.12. The Bertz CT molecular complexity index is 499. The van der Waals surface area contributed by atoms with Crippen molar-refractivity contribution in [2.75, 3.05) is 0 Å². The molecule has 0 saturated heterocycles. The van der Waals surface area contributed by atoms with Gasteiger partial charge >= 0.3 is 0 Å². The van der Waals surface area contributed by atoms with E-state index in [0.717, 1.165) is 4.47 Å². The van der Waals surface area contributed by atoms with Crippen LogP contribution in [0.5, 0.6) is 0 Å². The summed E-state index contributed by atoms with van der Waals surface area (Å²) in [6.45, 7) is 4.35. The largest absolute Gasteiger partial charge is 0.304 e. The molecule has 2 rings (SSSR count). The molecule has 0 aliphatic heterocycles. The molecule has 2 nitrogen and oxygen atoms in total. The lowest BCUT2D eigenvalue weighted by atomic mass is 10.1. The van der Waals surface area contributed by atoms with Crippen molar-refractivity contribution in [3.8, 4) is 0 Å². The Morgan fingerprint density at radius 2 is 1.67 bits per heavy atom. The average molecular weight is 305 g/mol. The third-order valence-electron chi connectivity index (χ3n) is 3.05. The summed E-state index contributed by atoms with van der Waals surface area (Å²) < 4.78 is 1.12. The molecule has 1 unspecified atom stereocenters. The highest BCUT2D eigenvalue weighted by atomic mass is 79.9. The van der Waals surface area contributed by atoms with Gasteiger partial charge in [0.15, 0.2) is 0 Å². The minimum atomic E-state index is 0.307. The van der Waals surface area contributed by atoms with Crippen molar-refractivity contribution >= 4 is 15.9 Å². The number of aromatic nitrogens is 1. The van der Waals surface area contributed by atoms with Crippen LogP contribution < -0.4 is 5.32 Å². The van der Waals surface area contributed by atoms with Crippen LogP contribution in [0.1, 0.15) is 37.1 Å². The predicted octanol–water partition coefficient (Wildman–Crippen LogP) is 4.26. The van der Waals surface area contributed by atoms with Crippen molar-refractivity contribution in [3.05, 3.63) is 64.4 Å². The number of hydrogen-bond donors (Lipinski definition) is 1. The van der Waals surface area contributed by atoms with Gasteiger partial charge in [0.25, 0.3) is 0 Å². The molecule has 1 heterocycles. The van der Waals surface area contributed by atoms with E-state index in [4.69, 9.17) is 0 Å². The van der Waals surface area contributed by atoms with Gasteiger partial charge in [0, 0.05) is 29.0 Å². The standard InChI is InChI=1S/C15H17BrN2/c1-11(13-6-8-17-9-7-13)18-12(2)14-4-3-5-15(16)10-14/h3-12,18H,1-2H3/t11?,12-/m0/s1. The van der Waals surface area contributed by atoms with Gasteiger partial charge in [-0.3, -0.25) is 4.98 Å². The van der Waals surface area contributed by atoms with Gasteiger partial charge in [0.1, 0.15) is 0 Å². The molecule has 0 radical (unpaired) electrons. The zero-order valence-electron chi connectivity index (χ0n) is 10.6. The van der Waals surface area contributed by atoms with Gasteiger partial charge in [-0.25, -0.2) is 0 Å². The molecule has 0 aliphatic rings. The summed E-state index contributed by atoms with van der Waals surface area (Å²) in [6.07, 6.45) is 3.66. The van der Waals surface area contributed by atoms with Gasteiger partial charge in [-0.1, -0.05) is 28.1 Å². The molecule has 3 heteroatoms. The normalized spacial score (nSPS) is 14.2. The van der Waals surface area contributed by atoms with E-state index in [1.54, 1.807) is 0 Å². The summed E-state index contributed by atoms with van der Waals surface area (Å²) in [7, 11) is 0. The van der Waals surface area contributed by atoms with E-state index in [2.05, 4.69) is 58.3 Å². The van der Waals surface area contributed by atoms with Crippen LogP contribution >= 0.6 is 15.9 Å². The number of pyridine rings is 1. The van der Waals surface area contributed by atoms with E-state index < -0.39 is 0 Å². The Hall–Kier alpha value is -1.19. The fourth-order valence-electron chi connectivity index (χ4n) is 2.00. The molecule has 0 amide bonds. The summed E-state index contributed by atoms with van der Waals surface area (Å²) in [4.78, 5) is 4.04. The van der Waals surface area contributed by atoms with Crippen LogP contribution in [0.2, 0.25) is 0 Å². The third-order valence-corrected chi connectivity index (χ3v) is 3.55. The van der Waals surface area contributed by atoms with E-state index in [1.165, 1.54) is 11.1 Å². The number of halogens is 1.